The molecule has 0 spiro atoms. The first-order valence-electron chi connectivity index (χ1n) is 5.33. The molecule has 88 valence electrons. The molecule has 3 heteroatoms. The summed E-state index contributed by atoms with van der Waals surface area (Å²) in [6.07, 6.45) is -0.205. The van der Waals surface area contributed by atoms with Crippen LogP contribution in [0.25, 0.3) is 0 Å². The highest BCUT2D eigenvalue weighted by molar-refractivity contribution is 9.10. The lowest BCUT2D eigenvalue weighted by Crippen LogP contribution is -2.02. The quantitative estimate of drug-likeness (QED) is 0.911. The molecule has 0 fully saturated rings. The van der Waals surface area contributed by atoms with E-state index in [0.29, 0.717) is 12.0 Å². The first-order chi connectivity index (χ1) is 8.15. The number of aliphatic hydroxyl groups is 1. The second-order valence-electron chi connectivity index (χ2n) is 3.90. The first-order valence-corrected chi connectivity index (χ1v) is 6.12. The molecule has 0 heterocycles. The van der Waals surface area contributed by atoms with Crippen LogP contribution in [0.2, 0.25) is 0 Å². The molecule has 0 radical (unpaired) electrons. The first kappa shape index (κ1) is 12.3. The molecule has 2 aromatic rings. The molecule has 1 unspecified atom stereocenters. The molecule has 0 aliphatic carbocycles. The van der Waals surface area contributed by atoms with E-state index < -0.39 is 6.10 Å². The largest absolute Gasteiger partial charge is 0.388 e. The minimum absolute atomic E-state index is 0.323. The number of hydrogen-bond acceptors (Lipinski definition) is 1. The van der Waals surface area contributed by atoms with Gasteiger partial charge in [0.25, 0.3) is 0 Å². The normalized spacial score (nSPS) is 12.4. The monoisotopic (exact) mass is 294 g/mol. The molecule has 17 heavy (non-hydrogen) atoms. The van der Waals surface area contributed by atoms with Gasteiger partial charge in [-0.15, -0.1) is 0 Å². The van der Waals surface area contributed by atoms with Crippen molar-refractivity contribution in [2.45, 2.75) is 12.5 Å². The lowest BCUT2D eigenvalue weighted by atomic mass is 10.0. The van der Waals surface area contributed by atoms with E-state index in [4.69, 9.17) is 0 Å². The van der Waals surface area contributed by atoms with Crippen LogP contribution in [0.3, 0.4) is 0 Å². The molecule has 2 rings (SSSR count). The Morgan fingerprint density at radius 3 is 2.59 bits per heavy atom. The smallest absolute Gasteiger partial charge is 0.123 e. The van der Waals surface area contributed by atoms with Crippen molar-refractivity contribution in [1.82, 2.24) is 0 Å². The fraction of sp³-hybridized carbons (Fsp3) is 0.143. The summed E-state index contributed by atoms with van der Waals surface area (Å²) in [5.41, 5.74) is 1.61. The molecule has 2 aromatic carbocycles. The van der Waals surface area contributed by atoms with Crippen LogP contribution in [0.5, 0.6) is 0 Å². The van der Waals surface area contributed by atoms with Crippen LogP contribution in [0.15, 0.2) is 53.0 Å². The van der Waals surface area contributed by atoms with Gasteiger partial charge >= 0.3 is 0 Å². The van der Waals surface area contributed by atoms with E-state index in [1.165, 1.54) is 12.1 Å². The topological polar surface area (TPSA) is 20.2 Å². The van der Waals surface area contributed by atoms with Crippen LogP contribution in [0, 0.1) is 5.82 Å². The fourth-order valence-electron chi connectivity index (χ4n) is 1.72. The number of halogens is 2. The molecule has 1 atom stereocenters. The Labute approximate surface area is 108 Å². The SMILES string of the molecule is OC(Cc1cccc(Br)c1)c1cccc(F)c1. The molecule has 1 N–H and O–H groups in total. The Balaban J connectivity index is 2.14. The molecule has 0 saturated heterocycles. The van der Waals surface area contributed by atoms with Gasteiger partial charge in [-0.25, -0.2) is 4.39 Å². The van der Waals surface area contributed by atoms with E-state index >= 15 is 0 Å². The van der Waals surface area contributed by atoms with Crippen LogP contribution in [0.1, 0.15) is 17.2 Å². The van der Waals surface area contributed by atoms with Gasteiger partial charge in [0.15, 0.2) is 0 Å². The number of hydrogen-bond donors (Lipinski definition) is 1. The Morgan fingerprint density at radius 2 is 1.88 bits per heavy atom. The minimum atomic E-state index is -0.681. The number of benzene rings is 2. The predicted octanol–water partition coefficient (Wildman–Crippen LogP) is 3.86. The summed E-state index contributed by atoms with van der Waals surface area (Å²) in [6, 6.07) is 13.8. The van der Waals surface area contributed by atoms with Crippen molar-refractivity contribution in [3.8, 4) is 0 Å². The lowest BCUT2D eigenvalue weighted by Gasteiger charge is -2.11. The summed E-state index contributed by atoms with van der Waals surface area (Å²) in [7, 11) is 0. The van der Waals surface area contributed by atoms with Crippen molar-refractivity contribution in [2.24, 2.45) is 0 Å². The van der Waals surface area contributed by atoms with Crippen LogP contribution in [-0.2, 0) is 6.42 Å². The predicted molar refractivity (Wildman–Crippen MR) is 69.2 cm³/mol. The van der Waals surface area contributed by atoms with Gasteiger partial charge in [0.2, 0.25) is 0 Å². The highest BCUT2D eigenvalue weighted by Gasteiger charge is 2.09. The van der Waals surface area contributed by atoms with Gasteiger partial charge in [-0.2, -0.15) is 0 Å². The van der Waals surface area contributed by atoms with Crippen molar-refractivity contribution in [2.75, 3.05) is 0 Å². The molecule has 0 aliphatic rings. The van der Waals surface area contributed by atoms with Crippen molar-refractivity contribution >= 4 is 15.9 Å². The zero-order valence-corrected chi connectivity index (χ0v) is 10.7. The van der Waals surface area contributed by atoms with E-state index in [-0.39, 0.29) is 5.82 Å². The van der Waals surface area contributed by atoms with E-state index in [0.717, 1.165) is 10.0 Å². The summed E-state index contributed by atoms with van der Waals surface area (Å²) >= 11 is 3.38. The summed E-state index contributed by atoms with van der Waals surface area (Å²) in [4.78, 5) is 0. The molecule has 0 aromatic heterocycles. The highest BCUT2D eigenvalue weighted by Crippen LogP contribution is 2.21. The van der Waals surface area contributed by atoms with Gasteiger partial charge < -0.3 is 5.11 Å². The van der Waals surface area contributed by atoms with Crippen LogP contribution in [0.4, 0.5) is 4.39 Å². The third-order valence-corrected chi connectivity index (χ3v) is 3.04. The Kier molecular flexibility index (Phi) is 3.92. The average molecular weight is 295 g/mol. The molecule has 0 amide bonds. The van der Waals surface area contributed by atoms with Crippen LogP contribution >= 0.6 is 15.9 Å². The number of aliphatic hydroxyl groups excluding tert-OH is 1. The number of rotatable bonds is 3. The Morgan fingerprint density at radius 1 is 1.12 bits per heavy atom. The van der Waals surface area contributed by atoms with Gasteiger partial charge in [0.05, 0.1) is 6.10 Å². The third kappa shape index (κ3) is 3.38. The molecule has 0 aliphatic heterocycles. The molecular formula is C14H12BrFO. The van der Waals surface area contributed by atoms with Crippen LogP contribution in [-0.4, -0.2) is 5.11 Å². The Hall–Kier alpha value is -1.19. The Bertz CT molecular complexity index is 513. The van der Waals surface area contributed by atoms with Crippen molar-refractivity contribution in [3.05, 3.63) is 69.9 Å². The summed E-state index contributed by atoms with van der Waals surface area (Å²) in [5, 5.41) is 10.0. The van der Waals surface area contributed by atoms with Gasteiger partial charge in [-0.05, 0) is 35.4 Å². The van der Waals surface area contributed by atoms with Gasteiger partial charge in [-0.1, -0.05) is 40.2 Å². The molecule has 0 saturated carbocycles. The van der Waals surface area contributed by atoms with Gasteiger partial charge in [-0.3, -0.25) is 0 Å². The maximum absolute atomic E-state index is 13.0. The molecule has 0 bridgehead atoms. The van der Waals surface area contributed by atoms with E-state index in [9.17, 15) is 9.50 Å². The van der Waals surface area contributed by atoms with Crippen LogP contribution < -0.4 is 0 Å². The van der Waals surface area contributed by atoms with Crippen molar-refractivity contribution < 1.29 is 9.50 Å². The van der Waals surface area contributed by atoms with Gasteiger partial charge in [0, 0.05) is 10.9 Å². The zero-order chi connectivity index (χ0) is 12.3. The second kappa shape index (κ2) is 5.43. The molecular weight excluding hydrogens is 283 g/mol. The summed E-state index contributed by atoms with van der Waals surface area (Å²) in [6.45, 7) is 0. The van der Waals surface area contributed by atoms with Crippen molar-refractivity contribution in [3.63, 3.8) is 0 Å². The van der Waals surface area contributed by atoms with Crippen molar-refractivity contribution in [1.29, 1.82) is 0 Å². The minimum Gasteiger partial charge on any atom is -0.388 e. The van der Waals surface area contributed by atoms with E-state index in [1.807, 2.05) is 24.3 Å². The summed E-state index contributed by atoms with van der Waals surface area (Å²) in [5.74, 6) is -0.323. The lowest BCUT2D eigenvalue weighted by molar-refractivity contribution is 0.178. The third-order valence-electron chi connectivity index (χ3n) is 2.55. The average Bonchev–Trinajstić information content (AvgIpc) is 2.29. The van der Waals surface area contributed by atoms with E-state index in [1.54, 1.807) is 12.1 Å². The molecule has 1 nitrogen and oxygen atoms in total. The fourth-order valence-corrected chi connectivity index (χ4v) is 2.17. The summed E-state index contributed by atoms with van der Waals surface area (Å²) < 4.78 is 14.0. The highest BCUT2D eigenvalue weighted by atomic mass is 79.9. The maximum atomic E-state index is 13.0. The second-order valence-corrected chi connectivity index (χ2v) is 4.82. The van der Waals surface area contributed by atoms with E-state index in [2.05, 4.69) is 15.9 Å². The van der Waals surface area contributed by atoms with Gasteiger partial charge in [0.1, 0.15) is 5.82 Å². The maximum Gasteiger partial charge on any atom is 0.123 e. The standard InChI is InChI=1S/C14H12BrFO/c15-12-5-1-3-10(7-12)8-14(17)11-4-2-6-13(16)9-11/h1-7,9,14,17H,8H2. The zero-order valence-electron chi connectivity index (χ0n) is 9.11.